The molecule has 8 nitrogen and oxygen atoms in total. The molecule has 11 heteroatoms. The smallest absolute Gasteiger partial charge is 0.216 e. The van der Waals surface area contributed by atoms with Gasteiger partial charge in [-0.3, -0.25) is 0 Å². The lowest BCUT2D eigenvalue weighted by atomic mass is 10.2. The van der Waals surface area contributed by atoms with Crippen molar-refractivity contribution in [2.45, 2.75) is 31.6 Å². The Kier molecular flexibility index (Phi) is 5.18. The van der Waals surface area contributed by atoms with Gasteiger partial charge >= 0.3 is 0 Å². The zero-order valence-corrected chi connectivity index (χ0v) is 17.4. The van der Waals surface area contributed by atoms with Crippen LogP contribution in [0, 0.1) is 5.82 Å². The van der Waals surface area contributed by atoms with Crippen LogP contribution in [0.5, 0.6) is 0 Å². The Balaban J connectivity index is 1.59. The van der Waals surface area contributed by atoms with Crippen molar-refractivity contribution in [3.05, 3.63) is 35.5 Å². The van der Waals surface area contributed by atoms with Crippen molar-refractivity contribution in [3.8, 4) is 11.4 Å². The molecule has 0 unspecified atom stereocenters. The Morgan fingerprint density at radius 3 is 2.90 bits per heavy atom. The number of aromatic nitrogens is 4. The summed E-state index contributed by atoms with van der Waals surface area (Å²) >= 11 is 6.03. The van der Waals surface area contributed by atoms with Crippen molar-refractivity contribution in [1.29, 1.82) is 0 Å². The molecular weight excluding hydrogens is 419 g/mol. The van der Waals surface area contributed by atoms with Crippen LogP contribution in [0.15, 0.2) is 24.7 Å². The molecule has 1 aliphatic rings. The second-order valence-corrected chi connectivity index (χ2v) is 10.1. The molecule has 2 N–H and O–H groups in total. The molecule has 4 rings (SSSR count). The Bertz CT molecular complexity index is 1170. The van der Waals surface area contributed by atoms with Gasteiger partial charge in [-0.05, 0) is 26.3 Å². The number of anilines is 1. The third-order valence-electron chi connectivity index (χ3n) is 4.93. The van der Waals surface area contributed by atoms with Gasteiger partial charge in [0.15, 0.2) is 17.5 Å². The van der Waals surface area contributed by atoms with E-state index in [0.717, 1.165) is 11.6 Å². The summed E-state index contributed by atoms with van der Waals surface area (Å²) in [6.45, 7) is 3.96. The summed E-state index contributed by atoms with van der Waals surface area (Å²) < 4.78 is 40.4. The van der Waals surface area contributed by atoms with Crippen LogP contribution in [0.25, 0.3) is 22.4 Å². The van der Waals surface area contributed by atoms with Crippen molar-refractivity contribution in [2.75, 3.05) is 18.4 Å². The molecule has 0 aromatic carbocycles. The maximum atomic E-state index is 14.3. The Morgan fingerprint density at radius 1 is 1.34 bits per heavy atom. The SMILES string of the molecule is CC(C)S(=O)(=O)N1CC[C@H](Nc2nc(-c3c[nH]c4ncc(Cl)cc34)ncc2F)C1. The van der Waals surface area contributed by atoms with Crippen LogP contribution in [0.2, 0.25) is 5.02 Å². The molecule has 0 radical (unpaired) electrons. The molecular formula is C18H20ClFN6O2S. The first-order valence-corrected chi connectivity index (χ1v) is 11.0. The summed E-state index contributed by atoms with van der Waals surface area (Å²) in [5.74, 6) is -0.253. The summed E-state index contributed by atoms with van der Waals surface area (Å²) in [7, 11) is -3.34. The van der Waals surface area contributed by atoms with Gasteiger partial charge in [-0.1, -0.05) is 11.6 Å². The fraction of sp³-hybridized carbons (Fsp3) is 0.389. The summed E-state index contributed by atoms with van der Waals surface area (Å²) in [6, 6.07) is 1.50. The van der Waals surface area contributed by atoms with Crippen molar-refractivity contribution in [1.82, 2.24) is 24.2 Å². The zero-order chi connectivity index (χ0) is 20.8. The molecule has 1 saturated heterocycles. The maximum Gasteiger partial charge on any atom is 0.216 e. The molecule has 0 spiro atoms. The number of hydrogen-bond donors (Lipinski definition) is 2. The number of halogens is 2. The van der Waals surface area contributed by atoms with E-state index >= 15 is 0 Å². The Morgan fingerprint density at radius 2 is 2.14 bits per heavy atom. The topological polar surface area (TPSA) is 104 Å². The molecule has 1 fully saturated rings. The van der Waals surface area contributed by atoms with Crippen LogP contribution in [0.3, 0.4) is 0 Å². The third-order valence-corrected chi connectivity index (χ3v) is 7.38. The molecule has 29 heavy (non-hydrogen) atoms. The number of H-pyrrole nitrogens is 1. The van der Waals surface area contributed by atoms with Crippen LogP contribution < -0.4 is 5.32 Å². The third kappa shape index (κ3) is 3.79. The molecule has 3 aromatic heterocycles. The lowest BCUT2D eigenvalue weighted by Crippen LogP contribution is -2.36. The molecule has 0 aliphatic carbocycles. The summed E-state index contributed by atoms with van der Waals surface area (Å²) in [5, 5.41) is 3.73. The standard InChI is InChI=1S/C18H20ClFN6O2S/c1-10(2)29(27,28)26-4-3-12(9-26)24-18-15(20)8-23-17(25-18)14-7-22-16-13(14)5-11(19)6-21-16/h5-8,10,12H,3-4,9H2,1-2H3,(H,21,22)(H,23,24,25)/t12-/m0/s1. The molecule has 0 bridgehead atoms. The normalized spacial score (nSPS) is 18.0. The van der Waals surface area contributed by atoms with Gasteiger partial charge in [-0.15, -0.1) is 0 Å². The minimum Gasteiger partial charge on any atom is -0.363 e. The fourth-order valence-corrected chi connectivity index (χ4v) is 4.83. The first-order valence-electron chi connectivity index (χ1n) is 9.16. The van der Waals surface area contributed by atoms with Crippen LogP contribution in [-0.4, -0.2) is 57.0 Å². The molecule has 4 heterocycles. The van der Waals surface area contributed by atoms with E-state index in [9.17, 15) is 12.8 Å². The van der Waals surface area contributed by atoms with Gasteiger partial charge < -0.3 is 10.3 Å². The zero-order valence-electron chi connectivity index (χ0n) is 15.9. The first-order chi connectivity index (χ1) is 13.8. The average molecular weight is 439 g/mol. The van der Waals surface area contributed by atoms with Gasteiger partial charge in [0, 0.05) is 42.5 Å². The van der Waals surface area contributed by atoms with Crippen LogP contribution in [0.1, 0.15) is 20.3 Å². The highest BCUT2D eigenvalue weighted by Gasteiger charge is 2.33. The van der Waals surface area contributed by atoms with Gasteiger partial charge in [0.25, 0.3) is 0 Å². The number of rotatable bonds is 5. The van der Waals surface area contributed by atoms with E-state index in [4.69, 9.17) is 11.6 Å². The highest BCUT2D eigenvalue weighted by Crippen LogP contribution is 2.29. The van der Waals surface area contributed by atoms with Gasteiger partial charge in [0.2, 0.25) is 10.0 Å². The summed E-state index contributed by atoms with van der Waals surface area (Å²) in [4.78, 5) is 15.6. The van der Waals surface area contributed by atoms with Crippen LogP contribution in [0.4, 0.5) is 10.2 Å². The number of nitrogens with one attached hydrogen (secondary N) is 2. The van der Waals surface area contributed by atoms with Crippen molar-refractivity contribution >= 4 is 38.5 Å². The maximum absolute atomic E-state index is 14.3. The van der Waals surface area contributed by atoms with E-state index < -0.39 is 21.1 Å². The van der Waals surface area contributed by atoms with E-state index in [0.29, 0.717) is 35.0 Å². The van der Waals surface area contributed by atoms with Gasteiger partial charge in [-0.2, -0.15) is 4.31 Å². The number of fused-ring (bicyclic) bond motifs is 1. The summed E-state index contributed by atoms with van der Waals surface area (Å²) in [6.07, 6.45) is 4.88. The van der Waals surface area contributed by atoms with Gasteiger partial charge in [-0.25, -0.2) is 27.8 Å². The molecule has 0 saturated carbocycles. The fourth-order valence-electron chi connectivity index (χ4n) is 3.33. The van der Waals surface area contributed by atoms with Gasteiger partial charge in [0.05, 0.1) is 16.5 Å². The monoisotopic (exact) mass is 438 g/mol. The first kappa shape index (κ1) is 20.0. The Hall–Kier alpha value is -2.30. The highest BCUT2D eigenvalue weighted by atomic mass is 35.5. The minimum atomic E-state index is -3.34. The van der Waals surface area contributed by atoms with Crippen LogP contribution in [-0.2, 0) is 10.0 Å². The average Bonchev–Trinajstić information content (AvgIpc) is 3.30. The van der Waals surface area contributed by atoms with E-state index in [1.165, 1.54) is 10.5 Å². The number of hydrogen-bond acceptors (Lipinski definition) is 6. The number of pyridine rings is 1. The van der Waals surface area contributed by atoms with E-state index in [2.05, 4.69) is 25.3 Å². The lowest BCUT2D eigenvalue weighted by Gasteiger charge is -2.19. The minimum absolute atomic E-state index is 0.0353. The molecule has 1 atom stereocenters. The van der Waals surface area contributed by atoms with E-state index in [1.807, 2.05) is 0 Å². The van der Waals surface area contributed by atoms with Gasteiger partial charge in [0.1, 0.15) is 5.65 Å². The summed E-state index contributed by atoms with van der Waals surface area (Å²) in [5.41, 5.74) is 1.27. The number of nitrogens with zero attached hydrogens (tertiary/aromatic N) is 4. The quantitative estimate of drug-likeness (QED) is 0.634. The van der Waals surface area contributed by atoms with Crippen molar-refractivity contribution < 1.29 is 12.8 Å². The van der Waals surface area contributed by atoms with E-state index in [-0.39, 0.29) is 18.4 Å². The predicted molar refractivity (Wildman–Crippen MR) is 110 cm³/mol. The lowest BCUT2D eigenvalue weighted by molar-refractivity contribution is 0.467. The molecule has 3 aromatic rings. The number of sulfonamides is 1. The Labute approximate surface area is 172 Å². The molecule has 1 aliphatic heterocycles. The predicted octanol–water partition coefficient (Wildman–Crippen LogP) is 3.04. The number of aromatic amines is 1. The van der Waals surface area contributed by atoms with Crippen molar-refractivity contribution in [3.63, 3.8) is 0 Å². The molecule has 0 amide bonds. The second-order valence-electron chi connectivity index (χ2n) is 7.22. The molecule has 154 valence electrons. The highest BCUT2D eigenvalue weighted by molar-refractivity contribution is 7.89. The van der Waals surface area contributed by atoms with E-state index in [1.54, 1.807) is 26.1 Å². The second kappa shape index (κ2) is 7.51. The van der Waals surface area contributed by atoms with Crippen LogP contribution >= 0.6 is 11.6 Å². The largest absolute Gasteiger partial charge is 0.363 e. The van der Waals surface area contributed by atoms with Crippen molar-refractivity contribution in [2.24, 2.45) is 0 Å².